The van der Waals surface area contributed by atoms with Crippen molar-refractivity contribution in [1.29, 1.82) is 0 Å². The number of thiazole rings is 1. The number of rotatable bonds is 2. The summed E-state index contributed by atoms with van der Waals surface area (Å²) in [6.07, 6.45) is 3.53. The molecule has 0 saturated heterocycles. The quantitative estimate of drug-likeness (QED) is 0.859. The molecule has 1 heterocycles. The summed E-state index contributed by atoms with van der Waals surface area (Å²) in [4.78, 5) is 4.25. The van der Waals surface area contributed by atoms with Crippen LogP contribution >= 0.6 is 11.3 Å². The Bertz CT molecular complexity index is 685. The van der Waals surface area contributed by atoms with Crippen molar-refractivity contribution in [1.82, 2.24) is 4.98 Å². The standard InChI is InChI=1S/C12H14N2O2S2/c13-8-5-6-10-11(7-8)17-12(14-10)18(15,16)9-3-1-2-4-9/h5-7,9H,1-4,13H2. The van der Waals surface area contributed by atoms with Crippen LogP contribution in [-0.2, 0) is 9.84 Å². The van der Waals surface area contributed by atoms with Crippen molar-refractivity contribution in [2.45, 2.75) is 35.3 Å². The molecule has 0 radical (unpaired) electrons. The van der Waals surface area contributed by atoms with E-state index >= 15 is 0 Å². The van der Waals surface area contributed by atoms with E-state index in [0.29, 0.717) is 11.2 Å². The van der Waals surface area contributed by atoms with E-state index in [2.05, 4.69) is 4.98 Å². The molecule has 2 aromatic rings. The molecule has 1 aromatic carbocycles. The third-order valence-corrected chi connectivity index (χ3v) is 7.06. The lowest BCUT2D eigenvalue weighted by Crippen LogP contribution is -2.17. The molecular weight excluding hydrogens is 268 g/mol. The van der Waals surface area contributed by atoms with Gasteiger partial charge in [0.15, 0.2) is 0 Å². The molecule has 0 spiro atoms. The molecule has 18 heavy (non-hydrogen) atoms. The number of benzene rings is 1. The minimum absolute atomic E-state index is 0.240. The predicted molar refractivity (Wildman–Crippen MR) is 73.5 cm³/mol. The summed E-state index contributed by atoms with van der Waals surface area (Å²) < 4.78 is 25.9. The highest BCUT2D eigenvalue weighted by molar-refractivity contribution is 7.94. The first-order valence-electron chi connectivity index (χ1n) is 5.97. The van der Waals surface area contributed by atoms with Crippen LogP contribution in [0.5, 0.6) is 0 Å². The lowest BCUT2D eigenvalue weighted by molar-refractivity contribution is 0.579. The maximum absolute atomic E-state index is 12.4. The van der Waals surface area contributed by atoms with Crippen molar-refractivity contribution in [3.8, 4) is 0 Å². The normalized spacial score (nSPS) is 17.6. The molecule has 0 bridgehead atoms. The average Bonchev–Trinajstić information content (AvgIpc) is 2.97. The number of fused-ring (bicyclic) bond motifs is 1. The Hall–Kier alpha value is -1.14. The van der Waals surface area contributed by atoms with E-state index in [1.807, 2.05) is 0 Å². The maximum atomic E-state index is 12.4. The molecule has 0 unspecified atom stereocenters. The first-order valence-corrected chi connectivity index (χ1v) is 8.33. The van der Waals surface area contributed by atoms with Crippen molar-refractivity contribution >= 4 is 37.1 Å². The Kier molecular flexibility index (Phi) is 2.79. The minimum atomic E-state index is -3.25. The maximum Gasteiger partial charge on any atom is 0.210 e. The van der Waals surface area contributed by atoms with Crippen LogP contribution in [0.3, 0.4) is 0 Å². The van der Waals surface area contributed by atoms with Crippen molar-refractivity contribution in [2.75, 3.05) is 5.73 Å². The van der Waals surface area contributed by atoms with Gasteiger partial charge in [-0.15, -0.1) is 11.3 Å². The largest absolute Gasteiger partial charge is 0.399 e. The van der Waals surface area contributed by atoms with Crippen molar-refractivity contribution in [3.63, 3.8) is 0 Å². The summed E-state index contributed by atoms with van der Waals surface area (Å²) >= 11 is 1.23. The monoisotopic (exact) mass is 282 g/mol. The zero-order chi connectivity index (χ0) is 12.8. The highest BCUT2D eigenvalue weighted by atomic mass is 32.2. The van der Waals surface area contributed by atoms with Gasteiger partial charge in [0.2, 0.25) is 14.2 Å². The molecule has 0 amide bonds. The molecule has 4 nitrogen and oxygen atoms in total. The molecule has 2 N–H and O–H groups in total. The van der Waals surface area contributed by atoms with Crippen LogP contribution in [0.1, 0.15) is 25.7 Å². The van der Waals surface area contributed by atoms with E-state index in [4.69, 9.17) is 5.73 Å². The van der Waals surface area contributed by atoms with E-state index in [0.717, 1.165) is 30.4 Å². The Morgan fingerprint density at radius 2 is 2.00 bits per heavy atom. The predicted octanol–water partition coefficient (Wildman–Crippen LogP) is 2.59. The topological polar surface area (TPSA) is 73.0 Å². The number of anilines is 1. The van der Waals surface area contributed by atoms with Gasteiger partial charge in [-0.05, 0) is 31.0 Å². The third-order valence-electron chi connectivity index (χ3n) is 3.38. The Balaban J connectivity index is 2.08. The molecule has 1 aliphatic carbocycles. The van der Waals surface area contributed by atoms with E-state index in [1.54, 1.807) is 18.2 Å². The molecule has 0 atom stereocenters. The van der Waals surface area contributed by atoms with Crippen LogP contribution in [0.2, 0.25) is 0 Å². The number of nitrogens with two attached hydrogens (primary N) is 1. The van der Waals surface area contributed by atoms with Gasteiger partial charge in [0.05, 0.1) is 15.5 Å². The molecule has 1 fully saturated rings. The minimum Gasteiger partial charge on any atom is -0.399 e. The number of hydrogen-bond donors (Lipinski definition) is 1. The van der Waals surface area contributed by atoms with Gasteiger partial charge in [-0.2, -0.15) is 0 Å². The summed E-state index contributed by atoms with van der Waals surface area (Å²) in [5.74, 6) is 0. The lowest BCUT2D eigenvalue weighted by atomic mass is 10.3. The molecule has 6 heteroatoms. The van der Waals surface area contributed by atoms with Gasteiger partial charge in [0.1, 0.15) is 0 Å². The van der Waals surface area contributed by atoms with Crippen LogP contribution in [0.15, 0.2) is 22.5 Å². The summed E-state index contributed by atoms with van der Waals surface area (Å²) in [7, 11) is -3.25. The Morgan fingerprint density at radius 1 is 1.28 bits per heavy atom. The van der Waals surface area contributed by atoms with Crippen LogP contribution in [0.4, 0.5) is 5.69 Å². The number of hydrogen-bond acceptors (Lipinski definition) is 5. The molecular formula is C12H14N2O2S2. The average molecular weight is 282 g/mol. The van der Waals surface area contributed by atoms with Crippen molar-refractivity contribution in [3.05, 3.63) is 18.2 Å². The fourth-order valence-electron chi connectivity index (χ4n) is 2.38. The van der Waals surface area contributed by atoms with E-state index in [9.17, 15) is 8.42 Å². The molecule has 96 valence electrons. The molecule has 0 aliphatic heterocycles. The van der Waals surface area contributed by atoms with Gasteiger partial charge in [-0.25, -0.2) is 13.4 Å². The summed E-state index contributed by atoms with van der Waals surface area (Å²) in [5, 5.41) is -0.240. The number of aromatic nitrogens is 1. The van der Waals surface area contributed by atoms with Crippen molar-refractivity contribution < 1.29 is 8.42 Å². The highest BCUT2D eigenvalue weighted by Gasteiger charge is 2.32. The highest BCUT2D eigenvalue weighted by Crippen LogP contribution is 2.34. The van der Waals surface area contributed by atoms with Crippen LogP contribution < -0.4 is 5.73 Å². The lowest BCUT2D eigenvalue weighted by Gasteiger charge is -2.06. The Morgan fingerprint density at radius 3 is 2.72 bits per heavy atom. The molecule has 1 aromatic heterocycles. The van der Waals surface area contributed by atoms with Gasteiger partial charge in [0.25, 0.3) is 0 Å². The van der Waals surface area contributed by atoms with Crippen LogP contribution in [0, 0.1) is 0 Å². The fourth-order valence-corrected chi connectivity index (χ4v) is 5.74. The zero-order valence-corrected chi connectivity index (χ0v) is 11.4. The van der Waals surface area contributed by atoms with Gasteiger partial charge in [-0.1, -0.05) is 12.8 Å². The van der Waals surface area contributed by atoms with E-state index < -0.39 is 9.84 Å². The second-order valence-corrected chi connectivity index (χ2v) is 8.09. The SMILES string of the molecule is Nc1ccc2nc(S(=O)(=O)C3CCCC3)sc2c1. The first-order chi connectivity index (χ1) is 8.57. The van der Waals surface area contributed by atoms with Crippen LogP contribution in [-0.4, -0.2) is 18.7 Å². The molecule has 1 aliphatic rings. The van der Waals surface area contributed by atoms with Gasteiger partial charge >= 0.3 is 0 Å². The van der Waals surface area contributed by atoms with E-state index in [-0.39, 0.29) is 9.59 Å². The van der Waals surface area contributed by atoms with Gasteiger partial charge in [-0.3, -0.25) is 0 Å². The van der Waals surface area contributed by atoms with E-state index in [1.165, 1.54) is 11.3 Å². The van der Waals surface area contributed by atoms with Gasteiger partial charge < -0.3 is 5.73 Å². The molecule has 3 rings (SSSR count). The Labute approximate surface area is 110 Å². The fraction of sp³-hybridized carbons (Fsp3) is 0.417. The molecule has 1 saturated carbocycles. The van der Waals surface area contributed by atoms with Gasteiger partial charge in [0, 0.05) is 5.69 Å². The number of nitrogens with zero attached hydrogens (tertiary/aromatic N) is 1. The smallest absolute Gasteiger partial charge is 0.210 e. The number of nitrogen functional groups attached to an aromatic ring is 1. The third kappa shape index (κ3) is 1.89. The zero-order valence-electron chi connectivity index (χ0n) is 9.80. The number of sulfone groups is 1. The first kappa shape index (κ1) is 11.9. The second kappa shape index (κ2) is 4.20. The second-order valence-electron chi connectivity index (χ2n) is 4.66. The summed E-state index contributed by atoms with van der Waals surface area (Å²) in [6, 6.07) is 5.30. The summed E-state index contributed by atoms with van der Waals surface area (Å²) in [6.45, 7) is 0. The van der Waals surface area contributed by atoms with Crippen LogP contribution in [0.25, 0.3) is 10.2 Å². The summed E-state index contributed by atoms with van der Waals surface area (Å²) in [5.41, 5.74) is 7.04. The van der Waals surface area contributed by atoms with Crippen molar-refractivity contribution in [2.24, 2.45) is 0 Å².